The topological polar surface area (TPSA) is 112 Å². The van der Waals surface area contributed by atoms with Crippen LogP contribution in [0.3, 0.4) is 0 Å². The normalized spacial score (nSPS) is 17.2. The first-order valence-electron chi connectivity index (χ1n) is 15.3. The minimum absolute atomic E-state index is 0.00425. The van der Waals surface area contributed by atoms with Crippen molar-refractivity contribution in [1.82, 2.24) is 24.7 Å². The second kappa shape index (κ2) is 14.5. The van der Waals surface area contributed by atoms with Gasteiger partial charge in [-0.05, 0) is 42.3 Å². The minimum atomic E-state index is -4.59. The summed E-state index contributed by atoms with van der Waals surface area (Å²) in [5.41, 5.74) is 0.822. The molecule has 2 aliphatic rings. The third-order valence-electron chi connectivity index (χ3n) is 8.38. The van der Waals surface area contributed by atoms with Crippen LogP contribution in [0.1, 0.15) is 48.6 Å². The molecule has 4 heterocycles. The number of aromatic nitrogens is 2. The number of fused-ring (bicyclic) bond motifs is 1. The van der Waals surface area contributed by atoms with Gasteiger partial charge in [0, 0.05) is 63.5 Å². The van der Waals surface area contributed by atoms with E-state index >= 15 is 0 Å². The van der Waals surface area contributed by atoms with E-state index in [1.165, 1.54) is 36.4 Å². The lowest BCUT2D eigenvalue weighted by atomic mass is 9.92. The quantitative estimate of drug-likeness (QED) is 0.272. The van der Waals surface area contributed by atoms with Crippen LogP contribution in [0.4, 0.5) is 38.7 Å². The Bertz CT molecular complexity index is 1600. The number of rotatable bonds is 8. The molecule has 2 N–H and O–H groups in total. The highest BCUT2D eigenvalue weighted by atomic mass is 19.4. The van der Waals surface area contributed by atoms with Crippen LogP contribution < -0.4 is 15.4 Å². The number of urea groups is 1. The molecule has 5 rings (SSSR count). The third-order valence-corrected chi connectivity index (χ3v) is 8.38. The molecule has 1 fully saturated rings. The van der Waals surface area contributed by atoms with Gasteiger partial charge in [-0.25, -0.2) is 19.0 Å². The van der Waals surface area contributed by atoms with Crippen LogP contribution in [0, 0.1) is 5.82 Å². The molecule has 0 spiro atoms. The van der Waals surface area contributed by atoms with E-state index in [4.69, 9.17) is 4.74 Å². The van der Waals surface area contributed by atoms with Crippen molar-refractivity contribution < 1.29 is 36.6 Å². The van der Waals surface area contributed by atoms with Crippen molar-refractivity contribution in [2.24, 2.45) is 0 Å². The summed E-state index contributed by atoms with van der Waals surface area (Å²) in [5, 5.41) is 4.98. The van der Waals surface area contributed by atoms with Crippen LogP contribution in [0.15, 0.2) is 42.7 Å². The number of amides is 3. The number of hydrogen-bond donors (Lipinski definition) is 2. The first-order valence-corrected chi connectivity index (χ1v) is 15.3. The van der Waals surface area contributed by atoms with Crippen molar-refractivity contribution in [3.8, 4) is 11.5 Å². The summed E-state index contributed by atoms with van der Waals surface area (Å²) in [6.07, 6.45) is -2.42. The van der Waals surface area contributed by atoms with E-state index in [1.807, 2.05) is 11.8 Å². The third kappa shape index (κ3) is 8.27. The summed E-state index contributed by atoms with van der Waals surface area (Å²) in [6.45, 7) is 8.48. The Balaban J connectivity index is 1.30. The zero-order valence-corrected chi connectivity index (χ0v) is 26.4. The predicted molar refractivity (Wildman–Crippen MR) is 166 cm³/mol. The van der Waals surface area contributed by atoms with Crippen molar-refractivity contribution in [3.63, 3.8) is 0 Å². The molecule has 11 nitrogen and oxygen atoms in total. The molecule has 2 aromatic heterocycles. The highest BCUT2D eigenvalue weighted by Crippen LogP contribution is 2.36. The van der Waals surface area contributed by atoms with Gasteiger partial charge in [0.1, 0.15) is 11.6 Å². The molecular weight excluding hydrogens is 622 g/mol. The molecule has 1 aromatic carbocycles. The number of anilines is 2. The van der Waals surface area contributed by atoms with Gasteiger partial charge in [0.25, 0.3) is 0 Å². The number of benzene rings is 1. The minimum Gasteiger partial charge on any atom is -0.453 e. The number of methoxy groups -OCH3 is 1. The molecular formula is C32H37F4N7O4. The number of nitrogens with zero attached hydrogens (tertiary/aromatic N) is 5. The molecule has 1 atom stereocenters. The highest BCUT2D eigenvalue weighted by Gasteiger charge is 2.35. The van der Waals surface area contributed by atoms with Gasteiger partial charge >= 0.3 is 18.3 Å². The van der Waals surface area contributed by atoms with Crippen molar-refractivity contribution >= 4 is 23.6 Å². The van der Waals surface area contributed by atoms with Gasteiger partial charge in [-0.15, -0.1) is 0 Å². The number of alkyl halides is 3. The maximum Gasteiger partial charge on any atom is 0.416 e. The Kier molecular flexibility index (Phi) is 10.4. The Labute approximate surface area is 269 Å². The number of likely N-dealkylation sites (N-methyl/N-ethyl adjacent to an activating group) is 1. The Morgan fingerprint density at radius 1 is 1.00 bits per heavy atom. The van der Waals surface area contributed by atoms with Crippen molar-refractivity contribution in [1.29, 1.82) is 0 Å². The molecule has 0 aliphatic carbocycles. The van der Waals surface area contributed by atoms with E-state index in [9.17, 15) is 27.2 Å². The summed E-state index contributed by atoms with van der Waals surface area (Å²) < 4.78 is 67.2. The van der Waals surface area contributed by atoms with E-state index < -0.39 is 29.7 Å². The number of carbonyl (C=O) groups is 2. The van der Waals surface area contributed by atoms with Gasteiger partial charge in [-0.2, -0.15) is 13.2 Å². The fraction of sp³-hybridized carbons (Fsp3) is 0.438. The lowest BCUT2D eigenvalue weighted by Gasteiger charge is -2.34. The van der Waals surface area contributed by atoms with Gasteiger partial charge in [-0.1, -0.05) is 19.9 Å². The fourth-order valence-corrected chi connectivity index (χ4v) is 5.76. The maximum absolute atomic E-state index is 14.5. The zero-order chi connectivity index (χ0) is 33.7. The van der Waals surface area contributed by atoms with Crippen LogP contribution in [0.5, 0.6) is 11.5 Å². The molecule has 0 saturated carbocycles. The summed E-state index contributed by atoms with van der Waals surface area (Å²) in [5.74, 6) is -0.971. The molecule has 0 bridgehead atoms. The van der Waals surface area contributed by atoms with Crippen LogP contribution >= 0.6 is 0 Å². The summed E-state index contributed by atoms with van der Waals surface area (Å²) >= 11 is 0. The van der Waals surface area contributed by atoms with E-state index in [-0.39, 0.29) is 47.6 Å². The molecule has 15 heteroatoms. The Hall–Kier alpha value is -4.50. The maximum atomic E-state index is 14.5. The molecule has 3 aromatic rings. The van der Waals surface area contributed by atoms with Gasteiger partial charge < -0.3 is 24.6 Å². The molecule has 1 unspecified atom stereocenters. The zero-order valence-electron chi connectivity index (χ0n) is 26.4. The monoisotopic (exact) mass is 659 g/mol. The number of halogens is 4. The van der Waals surface area contributed by atoms with Gasteiger partial charge in [0.2, 0.25) is 0 Å². The molecule has 2 aliphatic heterocycles. The largest absolute Gasteiger partial charge is 0.453 e. The highest BCUT2D eigenvalue weighted by molar-refractivity contribution is 5.89. The van der Waals surface area contributed by atoms with Crippen molar-refractivity contribution in [2.75, 3.05) is 57.0 Å². The first-order chi connectivity index (χ1) is 22.5. The van der Waals surface area contributed by atoms with Crippen LogP contribution in [0.25, 0.3) is 0 Å². The molecule has 3 amide bonds. The SMILES string of the molecule is CCC1CN(C(=O)Nc2ccc(CN3CCN(CC)CC3)c(C(F)(F)F)c2)Cc2cc(Oc3cc(NC(=O)OC)ncc3F)cnc21. The van der Waals surface area contributed by atoms with Crippen LogP contribution in [-0.2, 0) is 24.0 Å². The standard InChI is InChI=1S/C32H37F4N7O4/c1-4-20-18-43(19-22-12-24(15-38-29(20)22)47-27-14-28(37-16-26(27)33)40-31(45)46-3)30(44)39-23-7-6-21(25(13-23)32(34,35)36)17-42-10-8-41(5-2)9-11-42/h6-7,12-16,20H,4-5,8-11,17-19H2,1-3H3,(H,39,44)(H,37,40,45). The van der Waals surface area contributed by atoms with Gasteiger partial charge in [0.05, 0.1) is 30.8 Å². The Morgan fingerprint density at radius 3 is 2.43 bits per heavy atom. The van der Waals surface area contributed by atoms with Crippen molar-refractivity contribution in [2.45, 2.75) is 45.5 Å². The lowest BCUT2D eigenvalue weighted by Crippen LogP contribution is -2.45. The summed E-state index contributed by atoms with van der Waals surface area (Å²) in [7, 11) is 1.18. The van der Waals surface area contributed by atoms with Gasteiger partial charge in [-0.3, -0.25) is 15.2 Å². The number of hydrogen-bond acceptors (Lipinski definition) is 8. The van der Waals surface area contributed by atoms with Crippen molar-refractivity contribution in [3.05, 3.63) is 70.9 Å². The second-order valence-electron chi connectivity index (χ2n) is 11.4. The number of nitrogens with one attached hydrogen (secondary N) is 2. The fourth-order valence-electron chi connectivity index (χ4n) is 5.76. The first kappa shape index (κ1) is 33.9. The van der Waals surface area contributed by atoms with E-state index in [0.29, 0.717) is 31.6 Å². The predicted octanol–water partition coefficient (Wildman–Crippen LogP) is 6.28. The average molecular weight is 660 g/mol. The summed E-state index contributed by atoms with van der Waals surface area (Å²) in [6, 6.07) is 6.19. The second-order valence-corrected chi connectivity index (χ2v) is 11.4. The average Bonchev–Trinajstić information content (AvgIpc) is 3.06. The number of carbonyl (C=O) groups excluding carboxylic acids is 2. The lowest BCUT2D eigenvalue weighted by molar-refractivity contribution is -0.138. The number of piperazine rings is 1. The smallest absolute Gasteiger partial charge is 0.416 e. The molecule has 0 radical (unpaired) electrons. The summed E-state index contributed by atoms with van der Waals surface area (Å²) in [4.78, 5) is 39.0. The van der Waals surface area contributed by atoms with E-state index in [0.717, 1.165) is 37.6 Å². The number of pyridine rings is 2. The molecule has 1 saturated heterocycles. The molecule has 47 heavy (non-hydrogen) atoms. The van der Waals surface area contributed by atoms with E-state index in [1.54, 1.807) is 6.07 Å². The van der Waals surface area contributed by atoms with Gasteiger partial charge in [0.15, 0.2) is 11.6 Å². The van der Waals surface area contributed by atoms with Crippen LogP contribution in [-0.4, -0.2) is 83.2 Å². The molecule has 252 valence electrons. The number of ether oxygens (including phenoxy) is 2. The van der Waals surface area contributed by atoms with E-state index in [2.05, 4.69) is 37.2 Å². The van der Waals surface area contributed by atoms with Crippen LogP contribution in [0.2, 0.25) is 0 Å². The Morgan fingerprint density at radius 2 is 1.74 bits per heavy atom.